The highest BCUT2D eigenvalue weighted by Gasteiger charge is 2.33. The van der Waals surface area contributed by atoms with E-state index in [1.165, 1.54) is 28.8 Å². The number of carbonyl (C=O) groups excluding carboxylic acids is 1. The van der Waals surface area contributed by atoms with E-state index in [0.29, 0.717) is 17.4 Å². The molecule has 26 heavy (non-hydrogen) atoms. The summed E-state index contributed by atoms with van der Waals surface area (Å²) in [5, 5.41) is 3.24. The Morgan fingerprint density at radius 1 is 1.19 bits per heavy atom. The highest BCUT2D eigenvalue weighted by molar-refractivity contribution is 8.15. The van der Waals surface area contributed by atoms with Crippen molar-refractivity contribution in [1.82, 2.24) is 0 Å². The maximum atomic E-state index is 13.1. The van der Waals surface area contributed by atoms with Gasteiger partial charge in [-0.15, -0.1) is 0 Å². The van der Waals surface area contributed by atoms with E-state index in [1.54, 1.807) is 30.3 Å². The molecule has 1 aliphatic heterocycles. The van der Waals surface area contributed by atoms with Gasteiger partial charge in [0, 0.05) is 10.9 Å². The van der Waals surface area contributed by atoms with Gasteiger partial charge in [0.05, 0.1) is 17.8 Å². The molecule has 8 heteroatoms. The number of nitrogens with zero attached hydrogens (tertiary/aromatic N) is 2. The first-order valence-corrected chi connectivity index (χ1v) is 8.77. The summed E-state index contributed by atoms with van der Waals surface area (Å²) in [5.41, 5.74) is -0.149. The molecule has 0 spiro atoms. The predicted octanol–water partition coefficient (Wildman–Crippen LogP) is 5.24. The Morgan fingerprint density at radius 3 is 2.54 bits per heavy atom. The molecule has 0 radical (unpaired) electrons. The number of alkyl halides is 3. The molecule has 0 fully saturated rings. The van der Waals surface area contributed by atoms with Gasteiger partial charge >= 0.3 is 12.2 Å². The Bertz CT molecular complexity index is 824. The van der Waals surface area contributed by atoms with Crippen LogP contribution in [0.25, 0.3) is 0 Å². The van der Waals surface area contributed by atoms with Crippen molar-refractivity contribution in [2.24, 2.45) is 4.99 Å². The minimum absolute atomic E-state index is 0.119. The van der Waals surface area contributed by atoms with Crippen molar-refractivity contribution in [2.45, 2.75) is 18.3 Å². The third-order valence-corrected chi connectivity index (χ3v) is 4.72. The minimum Gasteiger partial charge on any atom is -0.307 e. The SMILES string of the molecule is C[C@@H]1CN=C(N(C(=O)Nc2ccccc2)c2cccc(C(F)(F)F)c2)S1. The van der Waals surface area contributed by atoms with E-state index in [4.69, 9.17) is 0 Å². The first-order chi connectivity index (χ1) is 12.3. The van der Waals surface area contributed by atoms with Gasteiger partial charge in [0.2, 0.25) is 0 Å². The molecule has 1 atom stereocenters. The van der Waals surface area contributed by atoms with E-state index in [1.807, 2.05) is 6.92 Å². The molecule has 3 rings (SSSR count). The quantitative estimate of drug-likeness (QED) is 0.776. The summed E-state index contributed by atoms with van der Waals surface area (Å²) in [6.45, 7) is 2.45. The van der Waals surface area contributed by atoms with E-state index < -0.39 is 17.8 Å². The van der Waals surface area contributed by atoms with Crippen LogP contribution < -0.4 is 10.2 Å². The Morgan fingerprint density at radius 2 is 1.92 bits per heavy atom. The van der Waals surface area contributed by atoms with Gasteiger partial charge in [-0.1, -0.05) is 43.0 Å². The number of para-hydroxylation sites is 1. The molecule has 1 aliphatic rings. The number of carbonyl (C=O) groups is 1. The number of thioether (sulfide) groups is 1. The maximum absolute atomic E-state index is 13.1. The highest BCUT2D eigenvalue weighted by atomic mass is 32.2. The van der Waals surface area contributed by atoms with Crippen molar-refractivity contribution in [1.29, 1.82) is 0 Å². The number of nitrogens with one attached hydrogen (secondary N) is 1. The van der Waals surface area contributed by atoms with Gasteiger partial charge in [-0.05, 0) is 30.3 Å². The third-order valence-electron chi connectivity index (χ3n) is 3.64. The Balaban J connectivity index is 1.95. The van der Waals surface area contributed by atoms with Crippen LogP contribution in [0.2, 0.25) is 0 Å². The van der Waals surface area contributed by atoms with Crippen LogP contribution in [0.15, 0.2) is 59.6 Å². The highest BCUT2D eigenvalue weighted by Crippen LogP contribution is 2.34. The topological polar surface area (TPSA) is 44.7 Å². The molecule has 1 heterocycles. The zero-order valence-electron chi connectivity index (χ0n) is 13.8. The summed E-state index contributed by atoms with van der Waals surface area (Å²) < 4.78 is 39.2. The van der Waals surface area contributed by atoms with Crippen LogP contribution in [-0.4, -0.2) is 23.0 Å². The van der Waals surface area contributed by atoms with Crippen molar-refractivity contribution in [2.75, 3.05) is 16.8 Å². The Hall–Kier alpha value is -2.48. The number of aliphatic imine (C=N–C) groups is 1. The molecule has 2 amide bonds. The zero-order valence-corrected chi connectivity index (χ0v) is 14.6. The van der Waals surface area contributed by atoms with Gasteiger partial charge in [0.25, 0.3) is 0 Å². The van der Waals surface area contributed by atoms with Crippen molar-refractivity contribution in [3.05, 3.63) is 60.2 Å². The lowest BCUT2D eigenvalue weighted by Crippen LogP contribution is -2.38. The number of amides is 2. The maximum Gasteiger partial charge on any atom is 0.416 e. The molecule has 0 unspecified atom stereocenters. The smallest absolute Gasteiger partial charge is 0.307 e. The van der Waals surface area contributed by atoms with Crippen molar-refractivity contribution in [3.8, 4) is 0 Å². The van der Waals surface area contributed by atoms with Gasteiger partial charge in [-0.25, -0.2) is 9.69 Å². The lowest BCUT2D eigenvalue weighted by Gasteiger charge is -2.23. The molecule has 0 aromatic heterocycles. The number of hydrogen-bond acceptors (Lipinski definition) is 3. The zero-order chi connectivity index (χ0) is 18.7. The Kier molecular flexibility index (Phi) is 5.22. The lowest BCUT2D eigenvalue weighted by atomic mass is 10.2. The summed E-state index contributed by atoms with van der Waals surface area (Å²) in [4.78, 5) is 18.3. The van der Waals surface area contributed by atoms with E-state index in [9.17, 15) is 18.0 Å². The van der Waals surface area contributed by atoms with Crippen molar-refractivity contribution in [3.63, 3.8) is 0 Å². The Labute approximate surface area is 153 Å². The van der Waals surface area contributed by atoms with Crippen LogP contribution in [0.5, 0.6) is 0 Å². The number of rotatable bonds is 2. The predicted molar refractivity (Wildman–Crippen MR) is 98.7 cm³/mol. The number of benzene rings is 2. The molecule has 2 aromatic rings. The van der Waals surface area contributed by atoms with Crippen LogP contribution in [0, 0.1) is 0 Å². The van der Waals surface area contributed by atoms with E-state index in [2.05, 4.69) is 10.3 Å². The van der Waals surface area contributed by atoms with Gasteiger partial charge in [-0.3, -0.25) is 4.99 Å². The second-order valence-electron chi connectivity index (χ2n) is 5.73. The monoisotopic (exact) mass is 379 g/mol. The molecule has 0 saturated carbocycles. The van der Waals surface area contributed by atoms with Gasteiger partial charge in [0.1, 0.15) is 0 Å². The van der Waals surface area contributed by atoms with E-state index >= 15 is 0 Å². The fourth-order valence-corrected chi connectivity index (χ4v) is 3.37. The van der Waals surface area contributed by atoms with Crippen molar-refractivity contribution < 1.29 is 18.0 Å². The minimum atomic E-state index is -4.49. The summed E-state index contributed by atoms with van der Waals surface area (Å²) >= 11 is 1.35. The normalized spacial score (nSPS) is 16.9. The number of anilines is 2. The summed E-state index contributed by atoms with van der Waals surface area (Å²) in [6, 6.07) is 12.8. The molecule has 2 aromatic carbocycles. The summed E-state index contributed by atoms with van der Waals surface area (Å²) in [7, 11) is 0. The molecule has 0 saturated heterocycles. The van der Waals surface area contributed by atoms with Gasteiger partial charge in [-0.2, -0.15) is 13.2 Å². The largest absolute Gasteiger partial charge is 0.416 e. The molecular formula is C18H16F3N3OS. The number of urea groups is 1. The van der Waals surface area contributed by atoms with Crippen LogP contribution in [0.4, 0.5) is 29.3 Å². The van der Waals surface area contributed by atoms with E-state index in [0.717, 1.165) is 12.1 Å². The second kappa shape index (κ2) is 7.41. The molecule has 136 valence electrons. The summed E-state index contributed by atoms with van der Waals surface area (Å²) in [5.74, 6) is 0. The van der Waals surface area contributed by atoms with Crippen LogP contribution >= 0.6 is 11.8 Å². The van der Waals surface area contributed by atoms with Gasteiger partial charge in [0.15, 0.2) is 5.17 Å². The first-order valence-electron chi connectivity index (χ1n) is 7.89. The molecule has 1 N–H and O–H groups in total. The van der Waals surface area contributed by atoms with Crippen LogP contribution in [0.3, 0.4) is 0 Å². The fourth-order valence-electron chi connectivity index (χ4n) is 2.42. The number of amidine groups is 1. The molecular weight excluding hydrogens is 363 g/mol. The average Bonchev–Trinajstić information content (AvgIpc) is 3.01. The van der Waals surface area contributed by atoms with Crippen LogP contribution in [0.1, 0.15) is 12.5 Å². The lowest BCUT2D eigenvalue weighted by molar-refractivity contribution is -0.137. The molecule has 0 bridgehead atoms. The fraction of sp³-hybridized carbons (Fsp3) is 0.222. The third kappa shape index (κ3) is 4.19. The molecule has 4 nitrogen and oxygen atoms in total. The van der Waals surface area contributed by atoms with Crippen LogP contribution in [-0.2, 0) is 6.18 Å². The van der Waals surface area contributed by atoms with Gasteiger partial charge < -0.3 is 5.32 Å². The molecule has 0 aliphatic carbocycles. The average molecular weight is 379 g/mol. The second-order valence-corrected chi connectivity index (χ2v) is 7.14. The summed E-state index contributed by atoms with van der Waals surface area (Å²) in [6.07, 6.45) is -4.49. The standard InChI is InChI=1S/C18H16F3N3OS/c1-12-11-22-17(26-12)24(16(25)23-14-7-3-2-4-8-14)15-9-5-6-13(10-15)18(19,20)21/h2-10,12H,11H2,1H3,(H,23,25)/t12-/m1/s1. The van der Waals surface area contributed by atoms with E-state index in [-0.39, 0.29) is 10.9 Å². The van der Waals surface area contributed by atoms with Crippen molar-refractivity contribution >= 4 is 34.3 Å². The first kappa shape index (κ1) is 18.3. The number of halogens is 3. The number of hydrogen-bond donors (Lipinski definition) is 1.